The van der Waals surface area contributed by atoms with Crippen LogP contribution < -0.4 is 29.1 Å². The Morgan fingerprint density at radius 3 is 2.31 bits per heavy atom. The Bertz CT molecular complexity index is 1500. The van der Waals surface area contributed by atoms with E-state index >= 15 is 0 Å². The normalized spacial score (nSPS) is 15.4. The van der Waals surface area contributed by atoms with Crippen molar-refractivity contribution < 1.29 is 23.7 Å². The molecule has 9 heteroatoms. The van der Waals surface area contributed by atoms with Crippen LogP contribution in [0, 0.1) is 0 Å². The van der Waals surface area contributed by atoms with Crippen molar-refractivity contribution in [3.05, 3.63) is 84.5 Å². The topological polar surface area (TPSA) is 88.4 Å². The molecule has 1 aliphatic rings. The Kier molecular flexibility index (Phi) is 7.30. The Morgan fingerprint density at radius 2 is 1.69 bits per heavy atom. The van der Waals surface area contributed by atoms with E-state index in [2.05, 4.69) is 4.99 Å². The molecule has 0 bridgehead atoms. The van der Waals surface area contributed by atoms with Gasteiger partial charge in [0.2, 0.25) is 0 Å². The van der Waals surface area contributed by atoms with Gasteiger partial charge in [0.15, 0.2) is 4.80 Å². The van der Waals surface area contributed by atoms with Crippen LogP contribution in [0.5, 0.6) is 17.2 Å². The lowest BCUT2D eigenvalue weighted by atomic mass is 9.96. The number of nitrogens with zero attached hydrogens (tertiary/aromatic N) is 2. The second kappa shape index (κ2) is 10.4. The first kappa shape index (κ1) is 25.2. The molecule has 0 amide bonds. The van der Waals surface area contributed by atoms with E-state index in [9.17, 15) is 9.59 Å². The fraction of sp³-hybridized carbons (Fsp3) is 0.296. The van der Waals surface area contributed by atoms with Crippen LogP contribution in [-0.2, 0) is 9.53 Å². The van der Waals surface area contributed by atoms with Crippen molar-refractivity contribution in [3.63, 3.8) is 0 Å². The molecule has 1 aromatic heterocycles. The van der Waals surface area contributed by atoms with Gasteiger partial charge in [-0.2, -0.15) is 0 Å². The van der Waals surface area contributed by atoms with Crippen LogP contribution in [0.25, 0.3) is 6.08 Å². The molecule has 4 rings (SSSR count). The van der Waals surface area contributed by atoms with E-state index in [1.807, 2.05) is 12.1 Å². The summed E-state index contributed by atoms with van der Waals surface area (Å²) < 4.78 is 23.7. The van der Waals surface area contributed by atoms with Gasteiger partial charge in [-0.15, -0.1) is 0 Å². The van der Waals surface area contributed by atoms with Gasteiger partial charge in [-0.25, -0.2) is 9.79 Å². The molecule has 8 nitrogen and oxygen atoms in total. The van der Waals surface area contributed by atoms with Gasteiger partial charge < -0.3 is 18.9 Å². The molecule has 1 aliphatic heterocycles. The van der Waals surface area contributed by atoms with Crippen molar-refractivity contribution in [1.82, 2.24) is 4.57 Å². The lowest BCUT2D eigenvalue weighted by Crippen LogP contribution is -2.40. The molecule has 2 aromatic carbocycles. The van der Waals surface area contributed by atoms with E-state index in [1.54, 1.807) is 83.1 Å². The SMILES string of the molecule is COc1ccc([C@@H]2C(C(=O)OC(C)C)=C(C)N=c3s/c(=C/c4cc(OC)ccc4OC)c(=O)n32)cc1. The Balaban J connectivity index is 1.95. The highest BCUT2D eigenvalue weighted by Gasteiger charge is 2.33. The zero-order valence-electron chi connectivity index (χ0n) is 21.0. The monoisotopic (exact) mass is 508 g/mol. The minimum atomic E-state index is -0.701. The number of carbonyl (C=O) groups is 1. The highest BCUT2D eigenvalue weighted by Crippen LogP contribution is 2.32. The van der Waals surface area contributed by atoms with Crippen molar-refractivity contribution in [2.75, 3.05) is 21.3 Å². The number of rotatable bonds is 7. The third-order valence-corrected chi connectivity index (χ3v) is 6.72. The maximum atomic E-state index is 13.8. The number of allylic oxidation sites excluding steroid dienone is 1. The average Bonchev–Trinajstić information content (AvgIpc) is 3.16. The molecule has 0 spiro atoms. The van der Waals surface area contributed by atoms with Crippen LogP contribution >= 0.6 is 11.3 Å². The van der Waals surface area contributed by atoms with E-state index in [0.29, 0.717) is 43.4 Å². The highest BCUT2D eigenvalue weighted by molar-refractivity contribution is 7.07. The number of hydrogen-bond donors (Lipinski definition) is 0. The standard InChI is InChI=1S/C27H28N2O6S/c1-15(2)35-26(31)23-16(3)28-27-29(24(23)17-7-9-19(32-4)10-8-17)25(30)22(36-27)14-18-13-20(33-5)11-12-21(18)34-6/h7-15,24H,1-6H3/b22-14+/t24-/m1/s1. The predicted molar refractivity (Wildman–Crippen MR) is 138 cm³/mol. The lowest BCUT2D eigenvalue weighted by Gasteiger charge is -2.25. The summed E-state index contributed by atoms with van der Waals surface area (Å²) >= 11 is 1.25. The second-order valence-electron chi connectivity index (χ2n) is 8.42. The largest absolute Gasteiger partial charge is 0.497 e. The zero-order chi connectivity index (χ0) is 26.0. The maximum Gasteiger partial charge on any atom is 0.338 e. The van der Waals surface area contributed by atoms with Crippen LogP contribution in [0.3, 0.4) is 0 Å². The second-order valence-corrected chi connectivity index (χ2v) is 9.43. The molecule has 0 aliphatic carbocycles. The third kappa shape index (κ3) is 4.79. The molecule has 2 heterocycles. The summed E-state index contributed by atoms with van der Waals surface area (Å²) in [6.45, 7) is 5.33. The number of benzene rings is 2. The van der Waals surface area contributed by atoms with Crippen LogP contribution in [0.15, 0.2) is 63.5 Å². The van der Waals surface area contributed by atoms with Gasteiger partial charge in [-0.05, 0) is 62.7 Å². The molecular weight excluding hydrogens is 480 g/mol. The molecule has 36 heavy (non-hydrogen) atoms. The summed E-state index contributed by atoms with van der Waals surface area (Å²) in [5.41, 5.74) is 2.00. The molecular formula is C27H28N2O6S. The number of esters is 1. The summed E-state index contributed by atoms with van der Waals surface area (Å²) in [5.74, 6) is 1.41. The van der Waals surface area contributed by atoms with Gasteiger partial charge in [-0.3, -0.25) is 9.36 Å². The van der Waals surface area contributed by atoms with E-state index in [0.717, 1.165) is 5.56 Å². The lowest BCUT2D eigenvalue weighted by molar-refractivity contribution is -0.143. The summed E-state index contributed by atoms with van der Waals surface area (Å²) in [5, 5.41) is 0. The summed E-state index contributed by atoms with van der Waals surface area (Å²) in [6, 6.07) is 12.0. The van der Waals surface area contributed by atoms with Crippen LogP contribution in [-0.4, -0.2) is 38.0 Å². The van der Waals surface area contributed by atoms with E-state index in [1.165, 1.54) is 11.3 Å². The number of ether oxygens (including phenoxy) is 4. The first-order chi connectivity index (χ1) is 17.3. The van der Waals surface area contributed by atoms with Crippen LogP contribution in [0.4, 0.5) is 0 Å². The van der Waals surface area contributed by atoms with Crippen LogP contribution in [0.1, 0.15) is 37.9 Å². The zero-order valence-corrected chi connectivity index (χ0v) is 21.8. The Labute approximate surface area is 212 Å². The number of hydrogen-bond acceptors (Lipinski definition) is 8. The molecule has 188 valence electrons. The number of aromatic nitrogens is 1. The molecule has 3 aromatic rings. The average molecular weight is 509 g/mol. The van der Waals surface area contributed by atoms with Gasteiger partial charge in [-0.1, -0.05) is 23.5 Å². The van der Waals surface area contributed by atoms with Gasteiger partial charge in [0.1, 0.15) is 17.2 Å². The Morgan fingerprint density at radius 1 is 1.03 bits per heavy atom. The van der Waals surface area contributed by atoms with Crippen LogP contribution in [0.2, 0.25) is 0 Å². The van der Waals surface area contributed by atoms with Gasteiger partial charge in [0.05, 0.1) is 49.3 Å². The molecule has 0 N–H and O–H groups in total. The molecule has 0 saturated heterocycles. The highest BCUT2D eigenvalue weighted by atomic mass is 32.1. The fourth-order valence-corrected chi connectivity index (χ4v) is 5.09. The molecule has 1 atom stereocenters. The van der Waals surface area contributed by atoms with E-state index in [4.69, 9.17) is 18.9 Å². The summed E-state index contributed by atoms with van der Waals surface area (Å²) in [7, 11) is 4.73. The first-order valence-corrected chi connectivity index (χ1v) is 12.2. The maximum absolute atomic E-state index is 13.8. The quantitative estimate of drug-likeness (QED) is 0.456. The first-order valence-electron chi connectivity index (χ1n) is 11.4. The fourth-order valence-electron chi connectivity index (χ4n) is 4.06. The Hall–Kier alpha value is -3.85. The van der Waals surface area contributed by atoms with Crippen molar-refractivity contribution in [3.8, 4) is 17.2 Å². The minimum Gasteiger partial charge on any atom is -0.497 e. The number of thiazole rings is 1. The minimum absolute atomic E-state index is 0.271. The predicted octanol–water partition coefficient (Wildman–Crippen LogP) is 3.21. The smallest absolute Gasteiger partial charge is 0.338 e. The summed E-state index contributed by atoms with van der Waals surface area (Å²) in [6.07, 6.45) is 1.43. The number of methoxy groups -OCH3 is 3. The number of fused-ring (bicyclic) bond motifs is 1. The molecule has 0 fully saturated rings. The summed E-state index contributed by atoms with van der Waals surface area (Å²) in [4.78, 5) is 32.1. The van der Waals surface area contributed by atoms with Gasteiger partial charge >= 0.3 is 5.97 Å². The van der Waals surface area contributed by atoms with Crippen molar-refractivity contribution in [2.24, 2.45) is 4.99 Å². The van der Waals surface area contributed by atoms with E-state index in [-0.39, 0.29) is 11.7 Å². The van der Waals surface area contributed by atoms with E-state index < -0.39 is 12.0 Å². The molecule has 0 saturated carbocycles. The number of carbonyl (C=O) groups excluding carboxylic acids is 1. The molecule has 0 unspecified atom stereocenters. The molecule has 0 radical (unpaired) electrons. The third-order valence-electron chi connectivity index (χ3n) is 5.74. The van der Waals surface area contributed by atoms with Crippen molar-refractivity contribution in [2.45, 2.75) is 32.9 Å². The van der Waals surface area contributed by atoms with Crippen molar-refractivity contribution >= 4 is 23.4 Å². The van der Waals surface area contributed by atoms with Gasteiger partial charge in [0.25, 0.3) is 5.56 Å². The van der Waals surface area contributed by atoms with Crippen molar-refractivity contribution in [1.29, 1.82) is 0 Å². The van der Waals surface area contributed by atoms with Gasteiger partial charge in [0, 0.05) is 5.56 Å².